The van der Waals surface area contributed by atoms with E-state index in [0.717, 1.165) is 50.2 Å². The predicted octanol–water partition coefficient (Wildman–Crippen LogP) is 0.512. The first kappa shape index (κ1) is 14.5. The third-order valence-corrected chi connectivity index (χ3v) is 5.69. The standard InChI is InChI=1S/C15H21N5O3/c21-13(10-1-2-11-12(7-10)17-18-16-11)19-5-3-15(4-6-19)8-20(9-15)14(22)23/h10H,1-9H2,(H,22,23)(H,16,17,18). The minimum Gasteiger partial charge on any atom is -0.465 e. The normalized spacial score (nSPS) is 25.8. The third-order valence-electron chi connectivity index (χ3n) is 5.69. The van der Waals surface area contributed by atoms with Crippen molar-refractivity contribution in [2.75, 3.05) is 26.2 Å². The number of carboxylic acid groups (broad SMARTS) is 1. The highest BCUT2D eigenvalue weighted by Gasteiger charge is 2.47. The number of nitrogens with one attached hydrogen (secondary N) is 1. The number of amides is 2. The summed E-state index contributed by atoms with van der Waals surface area (Å²) in [7, 11) is 0. The van der Waals surface area contributed by atoms with Crippen LogP contribution >= 0.6 is 0 Å². The van der Waals surface area contributed by atoms with Crippen LogP contribution in [-0.4, -0.2) is 68.5 Å². The molecule has 1 unspecified atom stereocenters. The second-order valence-corrected chi connectivity index (χ2v) is 7.14. The van der Waals surface area contributed by atoms with E-state index in [1.54, 1.807) is 0 Å². The van der Waals surface area contributed by atoms with Crippen molar-refractivity contribution < 1.29 is 14.7 Å². The molecule has 2 saturated heterocycles. The van der Waals surface area contributed by atoms with Crippen LogP contribution in [0.25, 0.3) is 0 Å². The van der Waals surface area contributed by atoms with E-state index in [2.05, 4.69) is 15.4 Å². The number of hydrogen-bond donors (Lipinski definition) is 2. The molecule has 2 amide bonds. The molecule has 2 fully saturated rings. The van der Waals surface area contributed by atoms with Gasteiger partial charge >= 0.3 is 6.09 Å². The quantitative estimate of drug-likeness (QED) is 0.785. The zero-order chi connectivity index (χ0) is 16.0. The van der Waals surface area contributed by atoms with Crippen LogP contribution in [0.5, 0.6) is 0 Å². The largest absolute Gasteiger partial charge is 0.465 e. The van der Waals surface area contributed by atoms with Gasteiger partial charge in [-0.15, -0.1) is 5.10 Å². The fourth-order valence-electron chi connectivity index (χ4n) is 4.17. The topological polar surface area (TPSA) is 102 Å². The van der Waals surface area contributed by atoms with Gasteiger partial charge in [0.05, 0.1) is 11.4 Å². The van der Waals surface area contributed by atoms with Crippen molar-refractivity contribution in [3.63, 3.8) is 0 Å². The van der Waals surface area contributed by atoms with E-state index in [4.69, 9.17) is 5.11 Å². The highest BCUT2D eigenvalue weighted by atomic mass is 16.4. The van der Waals surface area contributed by atoms with Gasteiger partial charge in [0.15, 0.2) is 0 Å². The highest BCUT2D eigenvalue weighted by Crippen LogP contribution is 2.40. The van der Waals surface area contributed by atoms with Crippen LogP contribution in [0.1, 0.15) is 30.7 Å². The molecule has 8 heteroatoms. The Morgan fingerprint density at radius 3 is 2.65 bits per heavy atom. The zero-order valence-corrected chi connectivity index (χ0v) is 13.0. The van der Waals surface area contributed by atoms with Crippen LogP contribution < -0.4 is 0 Å². The molecule has 3 heterocycles. The summed E-state index contributed by atoms with van der Waals surface area (Å²) in [6.07, 6.45) is 3.35. The first-order valence-electron chi connectivity index (χ1n) is 8.22. The number of aromatic nitrogens is 3. The molecular weight excluding hydrogens is 298 g/mol. The molecule has 0 saturated carbocycles. The molecule has 8 nitrogen and oxygen atoms in total. The molecule has 1 atom stereocenters. The minimum atomic E-state index is -0.834. The SMILES string of the molecule is O=C(O)N1CC2(CCN(C(=O)C3CCc4[nH]nnc4C3)CC2)C1. The summed E-state index contributed by atoms with van der Waals surface area (Å²) in [6, 6.07) is 0. The first-order chi connectivity index (χ1) is 11.1. The summed E-state index contributed by atoms with van der Waals surface area (Å²) in [5.41, 5.74) is 2.11. The third kappa shape index (κ3) is 2.46. The van der Waals surface area contributed by atoms with Gasteiger partial charge in [-0.3, -0.25) is 9.89 Å². The number of carbonyl (C=O) groups is 2. The number of H-pyrrole nitrogens is 1. The van der Waals surface area contributed by atoms with Gasteiger partial charge in [0, 0.05) is 43.9 Å². The van der Waals surface area contributed by atoms with Crippen LogP contribution in [0.3, 0.4) is 0 Å². The molecule has 2 aliphatic heterocycles. The van der Waals surface area contributed by atoms with Gasteiger partial charge in [-0.05, 0) is 25.7 Å². The number of hydrogen-bond acceptors (Lipinski definition) is 4. The maximum absolute atomic E-state index is 12.7. The zero-order valence-electron chi connectivity index (χ0n) is 13.0. The fraction of sp³-hybridized carbons (Fsp3) is 0.733. The van der Waals surface area contributed by atoms with E-state index < -0.39 is 6.09 Å². The van der Waals surface area contributed by atoms with Gasteiger partial charge in [0.1, 0.15) is 0 Å². The lowest BCUT2D eigenvalue weighted by atomic mass is 9.72. The van der Waals surface area contributed by atoms with Crippen molar-refractivity contribution in [2.45, 2.75) is 32.1 Å². The van der Waals surface area contributed by atoms with Crippen LogP contribution in [0, 0.1) is 11.3 Å². The Bertz CT molecular complexity index is 627. The summed E-state index contributed by atoms with van der Waals surface area (Å²) in [6.45, 7) is 2.73. The van der Waals surface area contributed by atoms with Crippen molar-refractivity contribution in [1.29, 1.82) is 0 Å². The van der Waals surface area contributed by atoms with E-state index in [-0.39, 0.29) is 17.2 Å². The van der Waals surface area contributed by atoms with E-state index in [1.165, 1.54) is 4.90 Å². The second kappa shape index (κ2) is 5.21. The molecule has 3 aliphatic rings. The summed E-state index contributed by atoms with van der Waals surface area (Å²) in [4.78, 5) is 27.1. The molecule has 0 aromatic carbocycles. The fourth-order valence-corrected chi connectivity index (χ4v) is 4.17. The number of nitrogens with zero attached hydrogens (tertiary/aromatic N) is 4. The Morgan fingerprint density at radius 2 is 1.96 bits per heavy atom. The molecule has 1 aliphatic carbocycles. The van der Waals surface area contributed by atoms with Gasteiger partial charge in [0.2, 0.25) is 5.91 Å². The molecule has 1 spiro atoms. The van der Waals surface area contributed by atoms with Crippen molar-refractivity contribution >= 4 is 12.0 Å². The molecule has 1 aromatic rings. The van der Waals surface area contributed by atoms with Crippen LogP contribution in [0.2, 0.25) is 0 Å². The van der Waals surface area contributed by atoms with Crippen molar-refractivity contribution in [3.8, 4) is 0 Å². The Kier molecular flexibility index (Phi) is 3.28. The average molecular weight is 319 g/mol. The van der Waals surface area contributed by atoms with Crippen LogP contribution in [-0.2, 0) is 17.6 Å². The van der Waals surface area contributed by atoms with Crippen LogP contribution in [0.4, 0.5) is 4.79 Å². The van der Waals surface area contributed by atoms with Crippen molar-refractivity contribution in [1.82, 2.24) is 25.2 Å². The lowest BCUT2D eigenvalue weighted by molar-refractivity contribution is -0.140. The number of likely N-dealkylation sites (tertiary alicyclic amines) is 2. The number of aryl methyl sites for hydroxylation is 1. The van der Waals surface area contributed by atoms with Gasteiger partial charge < -0.3 is 14.9 Å². The molecule has 0 bridgehead atoms. The molecular formula is C15H21N5O3. The predicted molar refractivity (Wildman–Crippen MR) is 79.7 cm³/mol. The number of carbonyl (C=O) groups excluding carboxylic acids is 1. The Balaban J connectivity index is 1.33. The average Bonchev–Trinajstić information content (AvgIpc) is 2.99. The molecule has 2 N–H and O–H groups in total. The van der Waals surface area contributed by atoms with Gasteiger partial charge in [-0.2, -0.15) is 0 Å². The Morgan fingerprint density at radius 1 is 1.22 bits per heavy atom. The molecule has 124 valence electrons. The van der Waals surface area contributed by atoms with E-state index in [9.17, 15) is 9.59 Å². The summed E-state index contributed by atoms with van der Waals surface area (Å²) in [5.74, 6) is 0.237. The number of fused-ring (bicyclic) bond motifs is 1. The number of rotatable bonds is 1. The van der Waals surface area contributed by atoms with Crippen molar-refractivity contribution in [2.24, 2.45) is 11.3 Å². The second-order valence-electron chi connectivity index (χ2n) is 7.14. The van der Waals surface area contributed by atoms with Crippen LogP contribution in [0.15, 0.2) is 0 Å². The monoisotopic (exact) mass is 319 g/mol. The summed E-state index contributed by atoms with van der Waals surface area (Å²) in [5, 5.41) is 19.7. The lowest BCUT2D eigenvalue weighted by Gasteiger charge is -2.53. The smallest absolute Gasteiger partial charge is 0.407 e. The number of aromatic amines is 1. The van der Waals surface area contributed by atoms with Gasteiger partial charge in [-0.1, -0.05) is 5.21 Å². The van der Waals surface area contributed by atoms with E-state index >= 15 is 0 Å². The summed E-state index contributed by atoms with van der Waals surface area (Å²) < 4.78 is 0. The first-order valence-corrected chi connectivity index (χ1v) is 8.22. The Hall–Kier alpha value is -2.12. The minimum absolute atomic E-state index is 0.0126. The molecule has 0 radical (unpaired) electrons. The van der Waals surface area contributed by atoms with Crippen molar-refractivity contribution in [3.05, 3.63) is 11.4 Å². The number of piperidine rings is 1. The van der Waals surface area contributed by atoms with E-state index in [1.807, 2.05) is 4.90 Å². The molecule has 23 heavy (non-hydrogen) atoms. The summed E-state index contributed by atoms with van der Waals surface area (Å²) >= 11 is 0. The Labute approximate surface area is 133 Å². The lowest BCUT2D eigenvalue weighted by Crippen LogP contribution is -2.62. The molecule has 1 aromatic heterocycles. The highest BCUT2D eigenvalue weighted by molar-refractivity contribution is 5.79. The van der Waals surface area contributed by atoms with Gasteiger partial charge in [0.25, 0.3) is 0 Å². The maximum Gasteiger partial charge on any atom is 0.407 e. The maximum atomic E-state index is 12.7. The van der Waals surface area contributed by atoms with E-state index in [0.29, 0.717) is 19.5 Å². The van der Waals surface area contributed by atoms with Gasteiger partial charge in [-0.25, -0.2) is 4.79 Å². The molecule has 4 rings (SSSR count).